The van der Waals surface area contributed by atoms with E-state index in [4.69, 9.17) is 0 Å². The molecule has 0 unspecified atom stereocenters. The van der Waals surface area contributed by atoms with E-state index in [1.54, 1.807) is 13.0 Å². The van der Waals surface area contributed by atoms with E-state index in [0.29, 0.717) is 60.9 Å². The van der Waals surface area contributed by atoms with Crippen LogP contribution in [0.2, 0.25) is 0 Å². The van der Waals surface area contributed by atoms with Crippen LogP contribution < -0.4 is 9.62 Å². The molecule has 9 heteroatoms. The molecule has 0 bridgehead atoms. The van der Waals surface area contributed by atoms with E-state index in [-0.39, 0.29) is 17.5 Å². The molecule has 3 rings (SSSR count). The average molecular weight is 489 g/mol. The Morgan fingerprint density at radius 3 is 2.41 bits per heavy atom. The third-order valence-corrected chi connectivity index (χ3v) is 8.53. The number of anilines is 1. The van der Waals surface area contributed by atoms with Gasteiger partial charge in [0.15, 0.2) is 5.78 Å². The summed E-state index contributed by atoms with van der Waals surface area (Å²) >= 11 is 0. The van der Waals surface area contributed by atoms with Crippen LogP contribution in [0.1, 0.15) is 86.8 Å². The third kappa shape index (κ3) is 6.56. The molecule has 0 atom stereocenters. The van der Waals surface area contributed by atoms with Gasteiger partial charge in [-0.15, -0.1) is 0 Å². The van der Waals surface area contributed by atoms with Crippen LogP contribution >= 0.6 is 0 Å². The first-order chi connectivity index (χ1) is 16.1. The first-order valence-corrected chi connectivity index (χ1v) is 14.0. The normalized spacial score (nSPS) is 21.6. The number of nitrogens with zero attached hydrogens (tertiary/aromatic N) is 3. The molecule has 1 aromatic heterocycles. The molecule has 1 saturated heterocycles. The predicted octanol–water partition coefficient (Wildman–Crippen LogP) is 3.73. The number of pyridine rings is 1. The van der Waals surface area contributed by atoms with Crippen molar-refractivity contribution in [2.45, 2.75) is 72.1 Å². The van der Waals surface area contributed by atoms with E-state index in [1.807, 2.05) is 11.8 Å². The van der Waals surface area contributed by atoms with Crippen LogP contribution in [-0.2, 0) is 14.8 Å². The molecule has 0 spiro atoms. The fourth-order valence-electron chi connectivity index (χ4n) is 5.00. The summed E-state index contributed by atoms with van der Waals surface area (Å²) in [6, 6.07) is 3.77. The standard InChI is InChI=1S/C25H36N4O4S/c1-4-5-23(30)22-14-21(15-26)24(27-18(22)3)29-12-10-20(11-13-29)25(31)28-34(32,33)16-19-8-6-17(2)7-9-19/h14,17,19-20H,4-13,16H2,1-3H3,(H,28,31). The number of hydrogen-bond acceptors (Lipinski definition) is 7. The molecule has 1 N–H and O–H groups in total. The number of sulfonamides is 1. The fourth-order valence-corrected chi connectivity index (χ4v) is 6.51. The lowest BCUT2D eigenvalue weighted by Crippen LogP contribution is -2.44. The number of carbonyl (C=O) groups excluding carboxylic acids is 2. The van der Waals surface area contributed by atoms with Gasteiger partial charge in [-0.05, 0) is 56.9 Å². The van der Waals surface area contributed by atoms with Gasteiger partial charge >= 0.3 is 0 Å². The summed E-state index contributed by atoms with van der Waals surface area (Å²) in [6.07, 6.45) is 5.96. The number of carbonyl (C=O) groups is 2. The zero-order chi connectivity index (χ0) is 24.9. The lowest BCUT2D eigenvalue weighted by atomic mass is 9.84. The molecule has 34 heavy (non-hydrogen) atoms. The van der Waals surface area contributed by atoms with Gasteiger partial charge in [0.1, 0.15) is 11.9 Å². The maximum atomic E-state index is 12.7. The highest BCUT2D eigenvalue weighted by Gasteiger charge is 2.31. The topological polar surface area (TPSA) is 120 Å². The average Bonchev–Trinajstić information content (AvgIpc) is 2.80. The molecule has 1 aliphatic heterocycles. The van der Waals surface area contributed by atoms with E-state index in [9.17, 15) is 23.3 Å². The van der Waals surface area contributed by atoms with E-state index in [2.05, 4.69) is 22.7 Å². The first-order valence-electron chi connectivity index (χ1n) is 12.4. The fraction of sp³-hybridized carbons (Fsp3) is 0.680. The maximum Gasteiger partial charge on any atom is 0.236 e. The number of rotatable bonds is 8. The smallest absolute Gasteiger partial charge is 0.236 e. The van der Waals surface area contributed by atoms with E-state index in [1.165, 1.54) is 0 Å². The Kier molecular flexibility index (Phi) is 8.69. The van der Waals surface area contributed by atoms with Crippen molar-refractivity contribution in [3.8, 4) is 6.07 Å². The van der Waals surface area contributed by atoms with Crippen LogP contribution in [0.4, 0.5) is 5.82 Å². The van der Waals surface area contributed by atoms with Crippen molar-refractivity contribution < 1.29 is 18.0 Å². The van der Waals surface area contributed by atoms with Crippen LogP contribution in [-0.4, -0.2) is 43.9 Å². The summed E-state index contributed by atoms with van der Waals surface area (Å²) in [6.45, 7) is 6.87. The van der Waals surface area contributed by atoms with Crippen molar-refractivity contribution in [1.82, 2.24) is 9.71 Å². The highest BCUT2D eigenvalue weighted by atomic mass is 32.2. The Hall–Kier alpha value is -2.47. The highest BCUT2D eigenvalue weighted by Crippen LogP contribution is 2.30. The Balaban J connectivity index is 1.59. The number of amides is 1. The van der Waals surface area contributed by atoms with Gasteiger partial charge in [-0.1, -0.05) is 26.7 Å². The van der Waals surface area contributed by atoms with Crippen molar-refractivity contribution in [2.75, 3.05) is 23.7 Å². The number of nitrogens with one attached hydrogen (secondary N) is 1. The van der Waals surface area contributed by atoms with Gasteiger partial charge in [-0.2, -0.15) is 5.26 Å². The molecule has 0 aromatic carbocycles. The number of Topliss-reactive ketones (excluding diaryl/α,β-unsaturated/α-hetero) is 1. The predicted molar refractivity (Wildman–Crippen MR) is 131 cm³/mol. The molecule has 1 saturated carbocycles. The summed E-state index contributed by atoms with van der Waals surface area (Å²) in [4.78, 5) is 31.5. The van der Waals surface area contributed by atoms with Gasteiger partial charge in [-0.3, -0.25) is 14.3 Å². The zero-order valence-electron chi connectivity index (χ0n) is 20.5. The van der Waals surface area contributed by atoms with E-state index < -0.39 is 21.8 Å². The van der Waals surface area contributed by atoms with Crippen LogP contribution in [0.3, 0.4) is 0 Å². The Morgan fingerprint density at radius 2 is 1.82 bits per heavy atom. The van der Waals surface area contributed by atoms with E-state index >= 15 is 0 Å². The van der Waals surface area contributed by atoms with Crippen molar-refractivity contribution >= 4 is 27.5 Å². The largest absolute Gasteiger partial charge is 0.355 e. The van der Waals surface area contributed by atoms with Gasteiger partial charge in [0, 0.05) is 31.0 Å². The van der Waals surface area contributed by atoms with Crippen molar-refractivity contribution in [3.05, 3.63) is 22.9 Å². The Morgan fingerprint density at radius 1 is 1.18 bits per heavy atom. The molecule has 186 valence electrons. The van der Waals surface area contributed by atoms with Gasteiger partial charge in [0.2, 0.25) is 15.9 Å². The molecule has 1 amide bonds. The van der Waals surface area contributed by atoms with Crippen LogP contribution in [0.25, 0.3) is 0 Å². The second-order valence-corrected chi connectivity index (χ2v) is 11.7. The lowest BCUT2D eigenvalue weighted by Gasteiger charge is -2.33. The number of nitriles is 1. The number of aryl methyl sites for hydroxylation is 1. The van der Waals surface area contributed by atoms with Crippen LogP contribution in [0.15, 0.2) is 6.07 Å². The summed E-state index contributed by atoms with van der Waals surface area (Å²) in [7, 11) is -3.65. The van der Waals surface area contributed by atoms with Gasteiger partial charge in [0.25, 0.3) is 0 Å². The van der Waals surface area contributed by atoms with Gasteiger partial charge in [-0.25, -0.2) is 13.4 Å². The molecule has 2 fully saturated rings. The Bertz CT molecular complexity index is 1050. The van der Waals surface area contributed by atoms with E-state index in [0.717, 1.165) is 32.1 Å². The molecule has 2 aliphatic rings. The minimum absolute atomic E-state index is 0.0160. The van der Waals surface area contributed by atoms with Crippen LogP contribution in [0, 0.1) is 36.0 Å². The lowest BCUT2D eigenvalue weighted by molar-refractivity contribution is -0.123. The summed E-state index contributed by atoms with van der Waals surface area (Å²) in [5.74, 6) is 0.451. The summed E-state index contributed by atoms with van der Waals surface area (Å²) in [5.41, 5.74) is 1.42. The third-order valence-electron chi connectivity index (χ3n) is 7.10. The SMILES string of the molecule is CCCC(=O)c1cc(C#N)c(N2CCC(C(=O)NS(=O)(=O)CC3CCC(C)CC3)CC2)nc1C. The number of piperidine rings is 1. The zero-order valence-corrected chi connectivity index (χ0v) is 21.3. The minimum Gasteiger partial charge on any atom is -0.355 e. The number of ketones is 1. The second kappa shape index (κ2) is 11.3. The second-order valence-electron chi connectivity index (χ2n) is 9.91. The van der Waals surface area contributed by atoms with Gasteiger partial charge < -0.3 is 4.90 Å². The van der Waals surface area contributed by atoms with Gasteiger partial charge in [0.05, 0.1) is 17.0 Å². The quantitative estimate of drug-likeness (QED) is 0.554. The number of aromatic nitrogens is 1. The summed E-state index contributed by atoms with van der Waals surface area (Å²) in [5, 5.41) is 9.63. The first kappa shape index (κ1) is 26.1. The molecule has 1 aromatic rings. The van der Waals surface area contributed by atoms with Crippen molar-refractivity contribution in [2.24, 2.45) is 17.8 Å². The molecule has 8 nitrogen and oxygen atoms in total. The molecular formula is C25H36N4O4S. The number of hydrogen-bond donors (Lipinski definition) is 1. The van der Waals surface area contributed by atoms with Crippen molar-refractivity contribution in [1.29, 1.82) is 5.26 Å². The summed E-state index contributed by atoms with van der Waals surface area (Å²) < 4.78 is 27.4. The van der Waals surface area contributed by atoms with Crippen LogP contribution in [0.5, 0.6) is 0 Å². The monoisotopic (exact) mass is 488 g/mol. The minimum atomic E-state index is -3.65. The molecule has 2 heterocycles. The maximum absolute atomic E-state index is 12.7. The molecule has 1 aliphatic carbocycles. The molecule has 0 radical (unpaired) electrons. The molecular weight excluding hydrogens is 452 g/mol. The van der Waals surface area contributed by atoms with Crippen molar-refractivity contribution in [3.63, 3.8) is 0 Å². The highest BCUT2D eigenvalue weighted by molar-refractivity contribution is 7.90. The Labute approximate surface area is 203 Å².